The first kappa shape index (κ1) is 21.6. The zero-order chi connectivity index (χ0) is 23.5. The number of imide groups is 1. The third-order valence-electron chi connectivity index (χ3n) is 5.51. The fourth-order valence-corrected chi connectivity index (χ4v) is 5.96. The summed E-state index contributed by atoms with van der Waals surface area (Å²) in [6.07, 6.45) is 0. The minimum atomic E-state index is -4.15. The Labute approximate surface area is 199 Å². The maximum atomic E-state index is 13.8. The van der Waals surface area contributed by atoms with Crippen LogP contribution in [0.5, 0.6) is 0 Å². The van der Waals surface area contributed by atoms with Gasteiger partial charge in [-0.25, -0.2) is 17.4 Å². The molecule has 1 aliphatic heterocycles. The van der Waals surface area contributed by atoms with E-state index in [0.717, 1.165) is 8.87 Å². The summed E-state index contributed by atoms with van der Waals surface area (Å²) in [5.41, 5.74) is 1.52. The topological polar surface area (TPSA) is 89.3 Å². The zero-order valence-corrected chi connectivity index (χ0v) is 19.4. The predicted octanol–water partition coefficient (Wildman–Crippen LogP) is 4.68. The molecule has 2 amide bonds. The first-order valence-corrected chi connectivity index (χ1v) is 12.0. The molecule has 0 aliphatic carbocycles. The molecule has 1 aromatic heterocycles. The van der Waals surface area contributed by atoms with Crippen LogP contribution in [0.25, 0.3) is 11.0 Å². The van der Waals surface area contributed by atoms with Crippen molar-refractivity contribution in [2.24, 2.45) is 0 Å². The number of fused-ring (bicyclic) bond motifs is 2. The Morgan fingerprint density at radius 3 is 2.09 bits per heavy atom. The van der Waals surface area contributed by atoms with E-state index in [-0.39, 0.29) is 49.5 Å². The Bertz CT molecular complexity index is 1560. The summed E-state index contributed by atoms with van der Waals surface area (Å²) in [6.45, 7) is 1.33. The van der Waals surface area contributed by atoms with Crippen molar-refractivity contribution in [2.75, 3.05) is 0 Å². The molecule has 4 aromatic rings. The summed E-state index contributed by atoms with van der Waals surface area (Å²) in [5, 5.41) is 0.354. The molecule has 33 heavy (non-hydrogen) atoms. The predicted molar refractivity (Wildman–Crippen MR) is 124 cm³/mol. The van der Waals surface area contributed by atoms with Gasteiger partial charge in [-0.3, -0.25) is 14.5 Å². The highest BCUT2D eigenvalue weighted by atomic mass is 35.5. The van der Waals surface area contributed by atoms with Gasteiger partial charge in [0.25, 0.3) is 21.8 Å². The molecule has 1 aliphatic rings. The van der Waals surface area contributed by atoms with Crippen LogP contribution in [0.1, 0.15) is 32.1 Å². The van der Waals surface area contributed by atoms with E-state index < -0.39 is 21.8 Å². The monoisotopic (exact) mass is 499 g/mol. The van der Waals surface area contributed by atoms with Gasteiger partial charge in [-0.2, -0.15) is 0 Å². The highest BCUT2D eigenvalue weighted by molar-refractivity contribution is 7.90. The van der Waals surface area contributed by atoms with E-state index in [2.05, 4.69) is 4.98 Å². The number of aromatic nitrogens is 2. The second-order valence-electron chi connectivity index (χ2n) is 7.56. The van der Waals surface area contributed by atoms with Crippen molar-refractivity contribution >= 4 is 56.1 Å². The van der Waals surface area contributed by atoms with Crippen LogP contribution in [0, 0.1) is 6.92 Å². The molecule has 166 valence electrons. The number of hydrogen-bond acceptors (Lipinski definition) is 5. The van der Waals surface area contributed by atoms with Crippen molar-refractivity contribution in [3.63, 3.8) is 0 Å². The molecule has 7 nitrogen and oxygen atoms in total. The number of benzene rings is 3. The number of halogens is 2. The van der Waals surface area contributed by atoms with E-state index in [1.165, 1.54) is 18.2 Å². The molecule has 0 atom stereocenters. The minimum Gasteiger partial charge on any atom is -0.269 e. The second-order valence-corrected chi connectivity index (χ2v) is 10.1. The van der Waals surface area contributed by atoms with Crippen molar-refractivity contribution < 1.29 is 18.0 Å². The Morgan fingerprint density at radius 1 is 0.879 bits per heavy atom. The maximum Gasteiger partial charge on any atom is 0.270 e. The van der Waals surface area contributed by atoms with Gasteiger partial charge in [0.2, 0.25) is 0 Å². The molecule has 0 spiro atoms. The lowest BCUT2D eigenvalue weighted by atomic mass is 10.1. The summed E-state index contributed by atoms with van der Waals surface area (Å²) in [7, 11) is -4.15. The molecule has 0 unspecified atom stereocenters. The molecule has 0 saturated carbocycles. The molecule has 3 aromatic carbocycles. The van der Waals surface area contributed by atoms with Crippen LogP contribution < -0.4 is 0 Å². The number of carbonyl (C=O) groups is 2. The molecular weight excluding hydrogens is 485 g/mol. The summed E-state index contributed by atoms with van der Waals surface area (Å²) in [5.74, 6) is -1.04. The Morgan fingerprint density at radius 2 is 1.45 bits per heavy atom. The highest BCUT2D eigenvalue weighted by Crippen LogP contribution is 2.33. The zero-order valence-electron chi connectivity index (χ0n) is 17.1. The third-order valence-corrected chi connectivity index (χ3v) is 8.13. The average molecular weight is 500 g/mol. The average Bonchev–Trinajstić information content (AvgIpc) is 3.25. The van der Waals surface area contributed by atoms with E-state index in [0.29, 0.717) is 5.56 Å². The normalized spacial score (nSPS) is 13.7. The number of carbonyl (C=O) groups excluding carboxylic acids is 2. The number of amides is 2. The highest BCUT2D eigenvalue weighted by Gasteiger charge is 2.37. The summed E-state index contributed by atoms with van der Waals surface area (Å²) in [6, 6.07) is 15.8. The molecule has 10 heteroatoms. The first-order valence-electron chi connectivity index (χ1n) is 9.83. The summed E-state index contributed by atoms with van der Waals surface area (Å²) < 4.78 is 28.5. The summed E-state index contributed by atoms with van der Waals surface area (Å²) >= 11 is 12.3. The van der Waals surface area contributed by atoms with Crippen LogP contribution in [-0.4, -0.2) is 34.1 Å². The van der Waals surface area contributed by atoms with E-state index in [1.807, 2.05) is 0 Å². The molecule has 2 heterocycles. The van der Waals surface area contributed by atoms with Gasteiger partial charge in [-0.05, 0) is 42.8 Å². The van der Waals surface area contributed by atoms with Gasteiger partial charge in [-0.15, -0.1) is 0 Å². The molecule has 0 bridgehead atoms. The van der Waals surface area contributed by atoms with Crippen molar-refractivity contribution in [3.8, 4) is 0 Å². The minimum absolute atomic E-state index is 0.0129. The quantitative estimate of drug-likeness (QED) is 0.380. The molecule has 5 rings (SSSR count). The summed E-state index contributed by atoms with van der Waals surface area (Å²) in [4.78, 5) is 31.3. The van der Waals surface area contributed by atoms with Crippen molar-refractivity contribution in [1.82, 2.24) is 13.9 Å². The van der Waals surface area contributed by atoms with Gasteiger partial charge < -0.3 is 0 Å². The van der Waals surface area contributed by atoms with Crippen molar-refractivity contribution in [2.45, 2.75) is 18.4 Å². The smallest absolute Gasteiger partial charge is 0.269 e. The van der Waals surface area contributed by atoms with E-state index in [9.17, 15) is 18.0 Å². The first-order chi connectivity index (χ1) is 15.7. The maximum absolute atomic E-state index is 13.8. The number of hydrogen-bond donors (Lipinski definition) is 0. The van der Waals surface area contributed by atoms with Crippen molar-refractivity contribution in [3.05, 3.63) is 93.2 Å². The van der Waals surface area contributed by atoms with Gasteiger partial charge in [0.15, 0.2) is 0 Å². The fourth-order valence-electron chi connectivity index (χ4n) is 3.94. The Balaban J connectivity index is 1.72. The van der Waals surface area contributed by atoms with Crippen LogP contribution >= 0.6 is 23.2 Å². The van der Waals surface area contributed by atoms with Crippen LogP contribution in [0.2, 0.25) is 10.0 Å². The van der Waals surface area contributed by atoms with Crippen LogP contribution in [0.15, 0.2) is 65.6 Å². The van der Waals surface area contributed by atoms with Gasteiger partial charge in [0.1, 0.15) is 5.82 Å². The molecule has 0 radical (unpaired) electrons. The van der Waals surface area contributed by atoms with Gasteiger partial charge >= 0.3 is 0 Å². The fraction of sp³-hybridized carbons (Fsp3) is 0.0870. The number of rotatable bonds is 4. The number of aryl methyl sites for hydroxylation is 1. The van der Waals surface area contributed by atoms with Gasteiger partial charge in [0.05, 0.1) is 43.6 Å². The Kier molecular flexibility index (Phi) is 5.04. The number of imidazole rings is 1. The van der Waals surface area contributed by atoms with E-state index in [4.69, 9.17) is 23.2 Å². The van der Waals surface area contributed by atoms with Crippen LogP contribution in [-0.2, 0) is 16.6 Å². The van der Waals surface area contributed by atoms with Crippen LogP contribution in [0.3, 0.4) is 0 Å². The lowest BCUT2D eigenvalue weighted by Gasteiger charge is -2.16. The molecular formula is C23H15Cl2N3O4S. The standard InChI is InChI=1S/C23H15Cl2N3O4S/c1-13-6-2-5-9-20(13)33(31,32)28-19-11-17(25)16(24)10-18(19)26-21(28)12-27-22(29)14-7-3-4-8-15(14)23(27)30/h2-11H,12H2,1H3. The number of nitrogens with zero attached hydrogens (tertiary/aromatic N) is 3. The van der Waals surface area contributed by atoms with E-state index >= 15 is 0 Å². The van der Waals surface area contributed by atoms with Gasteiger partial charge in [0, 0.05) is 0 Å². The molecule has 0 N–H and O–H groups in total. The Hall–Kier alpha value is -3.20. The largest absolute Gasteiger partial charge is 0.270 e. The van der Waals surface area contributed by atoms with E-state index in [1.54, 1.807) is 49.4 Å². The van der Waals surface area contributed by atoms with Crippen LogP contribution in [0.4, 0.5) is 0 Å². The lowest BCUT2D eigenvalue weighted by Crippen LogP contribution is -2.31. The molecule has 0 saturated heterocycles. The third kappa shape index (κ3) is 3.33. The van der Waals surface area contributed by atoms with Gasteiger partial charge in [-0.1, -0.05) is 53.5 Å². The molecule has 0 fully saturated rings. The lowest BCUT2D eigenvalue weighted by molar-refractivity contribution is 0.0638. The SMILES string of the molecule is Cc1ccccc1S(=O)(=O)n1c(CN2C(=O)c3ccccc3C2=O)nc2cc(Cl)c(Cl)cc21. The van der Waals surface area contributed by atoms with Crippen molar-refractivity contribution in [1.29, 1.82) is 0 Å². The second kappa shape index (κ2) is 7.69.